The zero-order valence-electron chi connectivity index (χ0n) is 13.8. The SMILES string of the molecule is O=C(O)C1CCC(NC(=O)N2CCC3(CCOCC3)CC2)CC1. The number of hydrogen-bond donors (Lipinski definition) is 2. The predicted molar refractivity (Wildman–Crippen MR) is 85.2 cm³/mol. The minimum Gasteiger partial charge on any atom is -0.481 e. The topological polar surface area (TPSA) is 78.9 Å². The third-order valence-electron chi connectivity index (χ3n) is 6.07. The zero-order valence-corrected chi connectivity index (χ0v) is 13.8. The summed E-state index contributed by atoms with van der Waals surface area (Å²) in [5, 5.41) is 12.1. The number of nitrogens with one attached hydrogen (secondary N) is 1. The molecule has 130 valence electrons. The Hall–Kier alpha value is -1.30. The molecule has 3 rings (SSSR count). The molecule has 2 N–H and O–H groups in total. The van der Waals surface area contributed by atoms with E-state index in [0.29, 0.717) is 18.3 Å². The summed E-state index contributed by atoms with van der Waals surface area (Å²) in [4.78, 5) is 25.3. The lowest BCUT2D eigenvalue weighted by molar-refractivity contribution is -0.142. The Balaban J connectivity index is 1.42. The van der Waals surface area contributed by atoms with Gasteiger partial charge in [0.25, 0.3) is 0 Å². The van der Waals surface area contributed by atoms with Crippen LogP contribution in [0.25, 0.3) is 0 Å². The summed E-state index contributed by atoms with van der Waals surface area (Å²) < 4.78 is 5.46. The molecule has 0 atom stereocenters. The summed E-state index contributed by atoms with van der Waals surface area (Å²) in [6.45, 7) is 3.38. The van der Waals surface area contributed by atoms with Crippen LogP contribution in [0.3, 0.4) is 0 Å². The van der Waals surface area contributed by atoms with Crippen molar-refractivity contribution in [2.75, 3.05) is 26.3 Å². The fraction of sp³-hybridized carbons (Fsp3) is 0.882. The van der Waals surface area contributed by atoms with E-state index in [1.165, 1.54) is 0 Å². The fourth-order valence-corrected chi connectivity index (χ4v) is 4.24. The number of likely N-dealkylation sites (tertiary alicyclic amines) is 1. The highest BCUT2D eigenvalue weighted by atomic mass is 16.5. The molecule has 6 heteroatoms. The Morgan fingerprint density at radius 3 is 2.17 bits per heavy atom. The second-order valence-electron chi connectivity index (χ2n) is 7.44. The maximum absolute atomic E-state index is 12.4. The first-order chi connectivity index (χ1) is 11.1. The Bertz CT molecular complexity index is 430. The zero-order chi connectivity index (χ0) is 16.3. The molecular formula is C17H28N2O4. The van der Waals surface area contributed by atoms with Crippen LogP contribution >= 0.6 is 0 Å². The van der Waals surface area contributed by atoms with Gasteiger partial charge in [-0.15, -0.1) is 0 Å². The van der Waals surface area contributed by atoms with E-state index in [-0.39, 0.29) is 18.0 Å². The van der Waals surface area contributed by atoms with E-state index in [1.54, 1.807) is 0 Å². The van der Waals surface area contributed by atoms with E-state index < -0.39 is 5.97 Å². The molecule has 0 aromatic rings. The molecule has 2 aliphatic heterocycles. The van der Waals surface area contributed by atoms with Gasteiger partial charge in [0.2, 0.25) is 0 Å². The predicted octanol–water partition coefficient (Wildman–Crippen LogP) is 2.23. The number of carbonyl (C=O) groups is 2. The monoisotopic (exact) mass is 324 g/mol. The van der Waals surface area contributed by atoms with E-state index >= 15 is 0 Å². The van der Waals surface area contributed by atoms with Crippen LogP contribution in [0.15, 0.2) is 0 Å². The average molecular weight is 324 g/mol. The number of aliphatic carboxylic acids is 1. The molecule has 3 fully saturated rings. The fourth-order valence-electron chi connectivity index (χ4n) is 4.24. The van der Waals surface area contributed by atoms with Crippen molar-refractivity contribution in [2.45, 2.75) is 57.4 Å². The van der Waals surface area contributed by atoms with Crippen molar-refractivity contribution >= 4 is 12.0 Å². The van der Waals surface area contributed by atoms with Gasteiger partial charge in [0.1, 0.15) is 0 Å². The van der Waals surface area contributed by atoms with E-state index in [0.717, 1.165) is 64.8 Å². The molecule has 2 amide bonds. The van der Waals surface area contributed by atoms with Gasteiger partial charge in [-0.2, -0.15) is 0 Å². The number of carboxylic acids is 1. The van der Waals surface area contributed by atoms with Crippen molar-refractivity contribution in [1.82, 2.24) is 10.2 Å². The van der Waals surface area contributed by atoms with Crippen LogP contribution in [0, 0.1) is 11.3 Å². The summed E-state index contributed by atoms with van der Waals surface area (Å²) >= 11 is 0. The van der Waals surface area contributed by atoms with Crippen LogP contribution in [-0.2, 0) is 9.53 Å². The van der Waals surface area contributed by atoms with E-state index in [4.69, 9.17) is 9.84 Å². The molecule has 6 nitrogen and oxygen atoms in total. The minimum absolute atomic E-state index is 0.0330. The third-order valence-corrected chi connectivity index (χ3v) is 6.07. The molecule has 3 aliphatic rings. The third kappa shape index (κ3) is 3.97. The summed E-state index contributed by atoms with van der Waals surface area (Å²) in [7, 11) is 0. The number of hydrogen-bond acceptors (Lipinski definition) is 3. The van der Waals surface area contributed by atoms with Gasteiger partial charge in [0.15, 0.2) is 0 Å². The minimum atomic E-state index is -0.701. The van der Waals surface area contributed by atoms with E-state index in [1.807, 2.05) is 4.90 Å². The highest BCUT2D eigenvalue weighted by Crippen LogP contribution is 2.40. The molecule has 2 saturated heterocycles. The second kappa shape index (κ2) is 7.07. The van der Waals surface area contributed by atoms with E-state index in [2.05, 4.69) is 5.32 Å². The first-order valence-corrected chi connectivity index (χ1v) is 8.94. The molecule has 1 saturated carbocycles. The normalized spacial score (nSPS) is 30.9. The van der Waals surface area contributed by atoms with Crippen LogP contribution in [0.2, 0.25) is 0 Å². The highest BCUT2D eigenvalue weighted by molar-refractivity contribution is 5.75. The summed E-state index contributed by atoms with van der Waals surface area (Å²) in [6.07, 6.45) is 7.30. The van der Waals surface area contributed by atoms with Gasteiger partial charge in [-0.05, 0) is 56.8 Å². The van der Waals surface area contributed by atoms with Gasteiger partial charge in [-0.3, -0.25) is 4.79 Å². The first-order valence-electron chi connectivity index (χ1n) is 8.94. The van der Waals surface area contributed by atoms with Crippen LogP contribution in [0.1, 0.15) is 51.4 Å². The van der Waals surface area contributed by atoms with Crippen molar-refractivity contribution in [2.24, 2.45) is 11.3 Å². The quantitative estimate of drug-likeness (QED) is 0.816. The molecule has 0 radical (unpaired) electrons. The summed E-state index contributed by atoms with van der Waals surface area (Å²) in [5.41, 5.74) is 0.397. The Labute approximate surface area is 137 Å². The van der Waals surface area contributed by atoms with Crippen molar-refractivity contribution in [1.29, 1.82) is 0 Å². The number of piperidine rings is 1. The molecule has 0 aromatic heterocycles. The Kier molecular flexibility index (Phi) is 5.09. The number of carboxylic acid groups (broad SMARTS) is 1. The Morgan fingerprint density at radius 1 is 1.00 bits per heavy atom. The number of urea groups is 1. The molecular weight excluding hydrogens is 296 g/mol. The van der Waals surface area contributed by atoms with Crippen molar-refractivity contribution in [3.05, 3.63) is 0 Å². The van der Waals surface area contributed by atoms with Crippen molar-refractivity contribution in [3.63, 3.8) is 0 Å². The molecule has 1 spiro atoms. The highest BCUT2D eigenvalue weighted by Gasteiger charge is 2.37. The number of ether oxygens (including phenoxy) is 1. The molecule has 0 aromatic carbocycles. The lowest BCUT2D eigenvalue weighted by Crippen LogP contribution is -2.51. The van der Waals surface area contributed by atoms with Gasteiger partial charge < -0.3 is 20.1 Å². The standard InChI is InChI=1S/C17H28N2O4/c20-15(21)13-1-3-14(4-2-13)18-16(22)19-9-5-17(6-10-19)7-11-23-12-8-17/h13-14H,1-12H2,(H,18,22)(H,20,21). The first kappa shape index (κ1) is 16.6. The summed E-state index contributed by atoms with van der Waals surface area (Å²) in [5.74, 6) is -0.931. The number of carbonyl (C=O) groups excluding carboxylic acids is 1. The summed E-state index contributed by atoms with van der Waals surface area (Å²) in [6, 6.07) is 0.169. The number of nitrogens with zero attached hydrogens (tertiary/aromatic N) is 1. The van der Waals surface area contributed by atoms with Crippen LogP contribution in [0.5, 0.6) is 0 Å². The van der Waals surface area contributed by atoms with Gasteiger partial charge in [0.05, 0.1) is 5.92 Å². The van der Waals surface area contributed by atoms with Crippen LogP contribution in [0.4, 0.5) is 4.79 Å². The maximum atomic E-state index is 12.4. The van der Waals surface area contributed by atoms with Crippen LogP contribution in [-0.4, -0.2) is 54.4 Å². The number of rotatable bonds is 2. The van der Waals surface area contributed by atoms with Crippen LogP contribution < -0.4 is 5.32 Å². The van der Waals surface area contributed by atoms with Crippen molar-refractivity contribution < 1.29 is 19.4 Å². The van der Waals surface area contributed by atoms with Gasteiger partial charge in [0, 0.05) is 32.3 Å². The molecule has 23 heavy (non-hydrogen) atoms. The average Bonchev–Trinajstić information content (AvgIpc) is 2.56. The smallest absolute Gasteiger partial charge is 0.317 e. The van der Waals surface area contributed by atoms with Gasteiger partial charge in [-0.1, -0.05) is 0 Å². The molecule has 0 bridgehead atoms. The molecule has 0 unspecified atom stereocenters. The second-order valence-corrected chi connectivity index (χ2v) is 7.44. The maximum Gasteiger partial charge on any atom is 0.317 e. The lowest BCUT2D eigenvalue weighted by atomic mass is 9.72. The largest absolute Gasteiger partial charge is 0.481 e. The van der Waals surface area contributed by atoms with E-state index in [9.17, 15) is 9.59 Å². The number of amides is 2. The van der Waals surface area contributed by atoms with Gasteiger partial charge in [-0.25, -0.2) is 4.79 Å². The van der Waals surface area contributed by atoms with Crippen molar-refractivity contribution in [3.8, 4) is 0 Å². The molecule has 2 heterocycles. The lowest BCUT2D eigenvalue weighted by Gasteiger charge is -2.44. The molecule has 1 aliphatic carbocycles. The Morgan fingerprint density at radius 2 is 1.61 bits per heavy atom. The van der Waals surface area contributed by atoms with Gasteiger partial charge >= 0.3 is 12.0 Å².